The second-order valence-corrected chi connectivity index (χ2v) is 8.80. The van der Waals surface area contributed by atoms with E-state index >= 15 is 0 Å². The Balaban J connectivity index is 2.07. The lowest BCUT2D eigenvalue weighted by molar-refractivity contribution is -0.580. The molecule has 0 aliphatic carbocycles. The fraction of sp³-hybridized carbons (Fsp3) is 0.391. The molecule has 0 aromatic heterocycles. The third kappa shape index (κ3) is 3.39. The van der Waals surface area contributed by atoms with Crippen molar-refractivity contribution in [2.45, 2.75) is 36.9 Å². The van der Waals surface area contributed by atoms with Crippen molar-refractivity contribution in [1.82, 2.24) is 5.32 Å². The van der Waals surface area contributed by atoms with Crippen molar-refractivity contribution in [3.8, 4) is 5.75 Å². The topological polar surface area (TPSA) is 117 Å². The van der Waals surface area contributed by atoms with E-state index in [9.17, 15) is 19.7 Å². The number of rotatable bonds is 6. The molecule has 174 valence electrons. The molecule has 1 saturated heterocycles. The minimum absolute atomic E-state index is 0.0162. The smallest absolute Gasteiger partial charge is 0.339 e. The molecule has 0 radical (unpaired) electrons. The Morgan fingerprint density at radius 1 is 1.15 bits per heavy atom. The number of carbonyl (C=O) groups is 2. The number of hydrogen-bond acceptors (Lipinski definition) is 8. The first-order chi connectivity index (χ1) is 15.8. The molecule has 9 nitrogen and oxygen atoms in total. The van der Waals surface area contributed by atoms with E-state index in [2.05, 4.69) is 21.2 Å². The summed E-state index contributed by atoms with van der Waals surface area (Å²) in [7, 11) is 0. The summed E-state index contributed by atoms with van der Waals surface area (Å²) in [6.45, 7) is 2.83. The fourth-order valence-corrected chi connectivity index (χ4v) is 5.30. The average molecular weight is 519 g/mol. The largest absolute Gasteiger partial charge is 0.486 e. The van der Waals surface area contributed by atoms with Gasteiger partial charge in [0.2, 0.25) is 5.54 Å². The zero-order valence-electron chi connectivity index (χ0n) is 18.1. The van der Waals surface area contributed by atoms with Crippen LogP contribution in [-0.4, -0.2) is 47.8 Å². The van der Waals surface area contributed by atoms with Crippen LogP contribution in [0.1, 0.15) is 36.9 Å². The molecule has 0 spiro atoms. The highest BCUT2D eigenvalue weighted by Crippen LogP contribution is 2.58. The predicted octanol–water partition coefficient (Wildman–Crippen LogP) is 3.15. The number of halogens is 1. The minimum atomic E-state index is -2.15. The maximum absolute atomic E-state index is 13.5. The Labute approximate surface area is 198 Å². The van der Waals surface area contributed by atoms with Crippen LogP contribution in [0.2, 0.25) is 0 Å². The summed E-state index contributed by atoms with van der Waals surface area (Å²) in [6.07, 6.45) is 0. The average Bonchev–Trinajstić information content (AvgIpc) is 3.14. The summed E-state index contributed by atoms with van der Waals surface area (Å²) in [5, 5.41) is 15.9. The van der Waals surface area contributed by atoms with Gasteiger partial charge >= 0.3 is 11.9 Å². The molecular weight excluding hydrogens is 496 g/mol. The van der Waals surface area contributed by atoms with E-state index in [1.165, 1.54) is 0 Å². The molecule has 2 aromatic rings. The number of benzene rings is 2. The van der Waals surface area contributed by atoms with Gasteiger partial charge in [0.15, 0.2) is 6.61 Å². The number of fused-ring (bicyclic) bond motifs is 3. The summed E-state index contributed by atoms with van der Waals surface area (Å²) >= 11 is 3.40. The quantitative estimate of drug-likeness (QED) is 0.268. The summed E-state index contributed by atoms with van der Waals surface area (Å²) in [5.41, 5.74) is -3.16. The maximum atomic E-state index is 13.5. The van der Waals surface area contributed by atoms with Gasteiger partial charge in [0.1, 0.15) is 17.7 Å². The standard InChI is InChI=1S/C23H23BrN2O7/c1-3-31-20(27)23(21(28)32-4-2)18-16-12-15(24)10-11-17(16)33-13-22(18,26(29)30)19(25-23)14-8-6-5-7-9-14/h5-12,18-19,25H,3-4,13H2,1-2H3/t18-,19-,22-/m1/s1. The molecule has 4 rings (SSSR count). The molecule has 0 bridgehead atoms. The van der Waals surface area contributed by atoms with Gasteiger partial charge < -0.3 is 14.2 Å². The lowest BCUT2D eigenvalue weighted by Crippen LogP contribution is -2.62. The van der Waals surface area contributed by atoms with Crippen LogP contribution in [0, 0.1) is 10.1 Å². The molecule has 1 N–H and O–H groups in total. The zero-order chi connectivity index (χ0) is 23.8. The maximum Gasteiger partial charge on any atom is 0.339 e. The van der Waals surface area contributed by atoms with Gasteiger partial charge in [-0.2, -0.15) is 0 Å². The van der Waals surface area contributed by atoms with Crippen LogP contribution in [-0.2, 0) is 19.1 Å². The molecule has 2 aromatic carbocycles. The van der Waals surface area contributed by atoms with Crippen LogP contribution in [0.4, 0.5) is 0 Å². The second kappa shape index (κ2) is 8.75. The van der Waals surface area contributed by atoms with Crippen LogP contribution >= 0.6 is 15.9 Å². The van der Waals surface area contributed by atoms with Gasteiger partial charge in [0, 0.05) is 15.0 Å². The monoisotopic (exact) mass is 518 g/mol. The lowest BCUT2D eigenvalue weighted by atomic mass is 9.67. The van der Waals surface area contributed by atoms with Gasteiger partial charge in [0.05, 0.1) is 13.2 Å². The van der Waals surface area contributed by atoms with Crippen LogP contribution in [0.15, 0.2) is 53.0 Å². The van der Waals surface area contributed by atoms with Gasteiger partial charge in [-0.3, -0.25) is 15.4 Å². The highest BCUT2D eigenvalue weighted by atomic mass is 79.9. The summed E-state index contributed by atoms with van der Waals surface area (Å²) < 4.78 is 17.1. The highest BCUT2D eigenvalue weighted by Gasteiger charge is 2.79. The molecule has 2 heterocycles. The van der Waals surface area contributed by atoms with Crippen molar-refractivity contribution in [1.29, 1.82) is 0 Å². The van der Waals surface area contributed by atoms with Crippen LogP contribution < -0.4 is 10.1 Å². The first-order valence-electron chi connectivity index (χ1n) is 10.6. The molecule has 33 heavy (non-hydrogen) atoms. The van der Waals surface area contributed by atoms with Gasteiger partial charge in [-0.1, -0.05) is 46.3 Å². The Morgan fingerprint density at radius 2 is 1.79 bits per heavy atom. The molecule has 0 amide bonds. The fourth-order valence-electron chi connectivity index (χ4n) is 4.92. The number of esters is 2. The van der Waals surface area contributed by atoms with Crippen molar-refractivity contribution < 1.29 is 28.7 Å². The normalized spacial score (nSPS) is 24.7. The Hall–Kier alpha value is -2.98. The molecule has 2 aliphatic rings. The van der Waals surface area contributed by atoms with Crippen molar-refractivity contribution in [2.75, 3.05) is 19.8 Å². The SMILES string of the molecule is CCOC(=O)C1(C(=O)OCC)N[C@H](c2ccccc2)[C@@]2([N+](=O)[O-])COc3ccc(Br)cc3[C@@H]12. The van der Waals surface area contributed by atoms with E-state index in [1.807, 2.05) is 0 Å². The van der Waals surface area contributed by atoms with E-state index in [0.717, 1.165) is 0 Å². The second-order valence-electron chi connectivity index (χ2n) is 7.89. The lowest BCUT2D eigenvalue weighted by Gasteiger charge is -2.39. The number of carbonyl (C=O) groups excluding carboxylic acids is 2. The van der Waals surface area contributed by atoms with Gasteiger partial charge in [-0.05, 0) is 37.6 Å². The van der Waals surface area contributed by atoms with Gasteiger partial charge in [0.25, 0.3) is 5.54 Å². The van der Waals surface area contributed by atoms with E-state index in [4.69, 9.17) is 14.2 Å². The van der Waals surface area contributed by atoms with Crippen LogP contribution in [0.3, 0.4) is 0 Å². The van der Waals surface area contributed by atoms with Crippen LogP contribution in [0.25, 0.3) is 0 Å². The van der Waals surface area contributed by atoms with E-state index in [-0.39, 0.29) is 19.8 Å². The van der Waals surface area contributed by atoms with Gasteiger partial charge in [-0.25, -0.2) is 9.59 Å². The van der Waals surface area contributed by atoms with E-state index in [1.54, 1.807) is 62.4 Å². The summed E-state index contributed by atoms with van der Waals surface area (Å²) in [6, 6.07) is 12.7. The number of ether oxygens (including phenoxy) is 3. The van der Waals surface area contributed by atoms with E-state index in [0.29, 0.717) is 21.3 Å². The molecule has 0 saturated carbocycles. The zero-order valence-corrected chi connectivity index (χ0v) is 19.7. The molecule has 3 atom stereocenters. The number of hydrogen-bond donors (Lipinski definition) is 1. The Bertz CT molecular complexity index is 1080. The van der Waals surface area contributed by atoms with Crippen LogP contribution in [0.5, 0.6) is 5.75 Å². The summed E-state index contributed by atoms with van der Waals surface area (Å²) in [4.78, 5) is 39.4. The minimum Gasteiger partial charge on any atom is -0.486 e. The van der Waals surface area contributed by atoms with E-state index < -0.39 is 39.9 Å². The van der Waals surface area contributed by atoms with Crippen molar-refractivity contribution in [3.05, 3.63) is 74.2 Å². The third-order valence-corrected chi connectivity index (χ3v) is 6.71. The van der Waals surface area contributed by atoms with Crippen molar-refractivity contribution in [3.63, 3.8) is 0 Å². The molecule has 10 heteroatoms. The molecular formula is C23H23BrN2O7. The Kier molecular flexibility index (Phi) is 6.15. The number of nitro groups is 1. The first-order valence-corrected chi connectivity index (χ1v) is 11.4. The molecule has 1 fully saturated rings. The van der Waals surface area contributed by atoms with Gasteiger partial charge in [-0.15, -0.1) is 0 Å². The van der Waals surface area contributed by atoms with Crippen molar-refractivity contribution >= 4 is 27.9 Å². The molecule has 2 aliphatic heterocycles. The third-order valence-electron chi connectivity index (χ3n) is 6.21. The summed E-state index contributed by atoms with van der Waals surface area (Å²) in [5.74, 6) is -2.75. The first kappa shape index (κ1) is 23.2. The molecule has 0 unspecified atom stereocenters. The highest BCUT2D eigenvalue weighted by molar-refractivity contribution is 9.10. The number of nitrogens with one attached hydrogen (secondary N) is 1. The number of nitrogens with zero attached hydrogens (tertiary/aromatic N) is 1. The Morgan fingerprint density at radius 3 is 2.36 bits per heavy atom. The predicted molar refractivity (Wildman–Crippen MR) is 120 cm³/mol. The van der Waals surface area contributed by atoms with Crippen molar-refractivity contribution in [2.24, 2.45) is 0 Å².